The Balaban J connectivity index is 1.84. The summed E-state index contributed by atoms with van der Waals surface area (Å²) in [4.78, 5) is 12.6. The highest BCUT2D eigenvalue weighted by molar-refractivity contribution is 6.01. The summed E-state index contributed by atoms with van der Waals surface area (Å²) in [5, 5.41) is 12.4. The maximum Gasteiger partial charge on any atom is 0.262 e. The Morgan fingerprint density at radius 3 is 2.59 bits per heavy atom. The molecule has 0 spiro atoms. The Morgan fingerprint density at radius 2 is 1.89 bits per heavy atom. The number of nitrogens with zero attached hydrogens (tertiary/aromatic N) is 2. The van der Waals surface area contributed by atoms with Crippen molar-refractivity contribution in [1.29, 1.82) is 5.26 Å². The van der Waals surface area contributed by atoms with Crippen LogP contribution in [0.1, 0.15) is 29.8 Å². The molecule has 2 aromatic carbocycles. The Kier molecular flexibility index (Phi) is 5.53. The van der Waals surface area contributed by atoms with E-state index in [1.54, 1.807) is 6.08 Å². The van der Waals surface area contributed by atoms with Crippen LogP contribution in [0.25, 0.3) is 11.8 Å². The number of hydrogen-bond acceptors (Lipinski definition) is 2. The van der Waals surface area contributed by atoms with Crippen LogP contribution >= 0.6 is 0 Å². The molecular formula is C23H21N3O. The molecule has 0 aliphatic rings. The van der Waals surface area contributed by atoms with Gasteiger partial charge in [-0.05, 0) is 55.3 Å². The smallest absolute Gasteiger partial charge is 0.262 e. The molecule has 0 saturated heterocycles. The monoisotopic (exact) mass is 355 g/mol. The third kappa shape index (κ3) is 4.34. The first-order valence-corrected chi connectivity index (χ1v) is 8.80. The third-order valence-electron chi connectivity index (χ3n) is 4.36. The van der Waals surface area contributed by atoms with Gasteiger partial charge in [0, 0.05) is 17.6 Å². The van der Waals surface area contributed by atoms with Crippen LogP contribution in [0.4, 0.5) is 0 Å². The van der Waals surface area contributed by atoms with Crippen LogP contribution < -0.4 is 5.32 Å². The van der Waals surface area contributed by atoms with E-state index in [4.69, 9.17) is 0 Å². The summed E-state index contributed by atoms with van der Waals surface area (Å²) in [6.45, 7) is 3.93. The third-order valence-corrected chi connectivity index (χ3v) is 4.36. The Bertz CT molecular complexity index is 1010. The Labute approximate surface area is 159 Å². The van der Waals surface area contributed by atoms with E-state index >= 15 is 0 Å². The van der Waals surface area contributed by atoms with Gasteiger partial charge in [0.1, 0.15) is 11.6 Å². The molecule has 0 radical (unpaired) electrons. The summed E-state index contributed by atoms with van der Waals surface area (Å²) in [5.74, 6) is -0.383. The maximum absolute atomic E-state index is 12.6. The molecule has 1 amide bonds. The van der Waals surface area contributed by atoms with Crippen molar-refractivity contribution in [2.45, 2.75) is 19.9 Å². The van der Waals surface area contributed by atoms with Gasteiger partial charge in [-0.3, -0.25) is 4.79 Å². The van der Waals surface area contributed by atoms with E-state index in [1.807, 2.05) is 91.3 Å². The summed E-state index contributed by atoms with van der Waals surface area (Å²) >= 11 is 0. The molecule has 0 bridgehead atoms. The molecule has 134 valence electrons. The molecule has 0 aliphatic carbocycles. The van der Waals surface area contributed by atoms with Gasteiger partial charge in [-0.25, -0.2) is 0 Å². The fourth-order valence-electron chi connectivity index (χ4n) is 2.92. The molecule has 3 aromatic rings. The number of carbonyl (C=O) groups is 1. The summed E-state index contributed by atoms with van der Waals surface area (Å²) in [6.07, 6.45) is 3.54. The summed E-state index contributed by atoms with van der Waals surface area (Å²) in [5.41, 5.74) is 3.98. The molecule has 0 unspecified atom stereocenters. The molecule has 1 atom stereocenters. The average Bonchev–Trinajstić information content (AvgIpc) is 3.15. The zero-order chi connectivity index (χ0) is 19.2. The fraction of sp³-hybridized carbons (Fsp3) is 0.130. The second-order valence-electron chi connectivity index (χ2n) is 6.42. The van der Waals surface area contributed by atoms with Gasteiger partial charge in [-0.2, -0.15) is 5.26 Å². The number of rotatable bonds is 5. The van der Waals surface area contributed by atoms with Crippen LogP contribution in [-0.4, -0.2) is 10.5 Å². The van der Waals surface area contributed by atoms with Gasteiger partial charge in [0.15, 0.2) is 0 Å². The largest absolute Gasteiger partial charge is 0.345 e. The Morgan fingerprint density at radius 1 is 1.11 bits per heavy atom. The lowest BCUT2D eigenvalue weighted by molar-refractivity contribution is -0.117. The van der Waals surface area contributed by atoms with Crippen molar-refractivity contribution in [3.63, 3.8) is 0 Å². The lowest BCUT2D eigenvalue weighted by Crippen LogP contribution is -2.27. The van der Waals surface area contributed by atoms with E-state index in [9.17, 15) is 10.1 Å². The maximum atomic E-state index is 12.6. The molecule has 3 rings (SSSR count). The Hall–Kier alpha value is -3.58. The second-order valence-corrected chi connectivity index (χ2v) is 6.42. The van der Waals surface area contributed by atoms with Crippen molar-refractivity contribution >= 4 is 12.0 Å². The predicted octanol–water partition coefficient (Wildman–Crippen LogP) is 4.57. The van der Waals surface area contributed by atoms with Gasteiger partial charge in [-0.15, -0.1) is 0 Å². The molecule has 0 saturated carbocycles. The molecule has 4 nitrogen and oxygen atoms in total. The van der Waals surface area contributed by atoms with Crippen LogP contribution in [0, 0.1) is 18.3 Å². The summed E-state index contributed by atoms with van der Waals surface area (Å²) in [6, 6.07) is 23.4. The number of aryl methyl sites for hydroxylation is 1. The number of nitrogens with one attached hydrogen (secondary N) is 1. The van der Waals surface area contributed by atoms with Gasteiger partial charge in [-0.1, -0.05) is 42.5 Å². The van der Waals surface area contributed by atoms with Crippen LogP contribution in [0.5, 0.6) is 0 Å². The topological polar surface area (TPSA) is 57.8 Å². The molecule has 4 heteroatoms. The number of benzene rings is 2. The van der Waals surface area contributed by atoms with E-state index in [1.165, 1.54) is 0 Å². The van der Waals surface area contributed by atoms with Gasteiger partial charge >= 0.3 is 0 Å². The van der Waals surface area contributed by atoms with E-state index in [0.29, 0.717) is 0 Å². The SMILES string of the molecule is Cc1cccc(-n2cccc2/C=C(/C#N)C(=O)N[C@H](C)c2ccccc2)c1. The highest BCUT2D eigenvalue weighted by atomic mass is 16.1. The number of carbonyl (C=O) groups excluding carboxylic acids is 1. The standard InChI is InChI=1S/C23H21N3O/c1-17-8-6-11-21(14-17)26-13-7-12-22(26)15-20(16-24)23(27)25-18(2)19-9-4-3-5-10-19/h3-15,18H,1-2H3,(H,25,27)/b20-15-/t18-/m1/s1. The van der Waals surface area contributed by atoms with Crippen molar-refractivity contribution in [3.05, 3.63) is 95.3 Å². The number of nitriles is 1. The zero-order valence-corrected chi connectivity index (χ0v) is 15.4. The second kappa shape index (κ2) is 8.20. The summed E-state index contributed by atoms with van der Waals surface area (Å²) in [7, 11) is 0. The minimum Gasteiger partial charge on any atom is -0.345 e. The first kappa shape index (κ1) is 18.2. The quantitative estimate of drug-likeness (QED) is 0.538. The van der Waals surface area contributed by atoms with Gasteiger partial charge in [0.2, 0.25) is 0 Å². The molecule has 0 fully saturated rings. The van der Waals surface area contributed by atoms with Gasteiger partial charge in [0.05, 0.1) is 6.04 Å². The van der Waals surface area contributed by atoms with Crippen molar-refractivity contribution < 1.29 is 4.79 Å². The highest BCUT2D eigenvalue weighted by Gasteiger charge is 2.14. The average molecular weight is 355 g/mol. The number of hydrogen-bond donors (Lipinski definition) is 1. The lowest BCUT2D eigenvalue weighted by atomic mass is 10.1. The minimum atomic E-state index is -0.383. The van der Waals surface area contributed by atoms with Crippen LogP contribution in [-0.2, 0) is 4.79 Å². The molecule has 1 aromatic heterocycles. The lowest BCUT2D eigenvalue weighted by Gasteiger charge is -2.14. The summed E-state index contributed by atoms with van der Waals surface area (Å²) < 4.78 is 1.96. The van der Waals surface area contributed by atoms with E-state index < -0.39 is 0 Å². The first-order chi connectivity index (χ1) is 13.1. The van der Waals surface area contributed by atoms with Crippen molar-refractivity contribution in [3.8, 4) is 11.8 Å². The van der Waals surface area contributed by atoms with Gasteiger partial charge < -0.3 is 9.88 Å². The first-order valence-electron chi connectivity index (χ1n) is 8.80. The fourth-order valence-corrected chi connectivity index (χ4v) is 2.92. The highest BCUT2D eigenvalue weighted by Crippen LogP contribution is 2.18. The minimum absolute atomic E-state index is 0.0744. The van der Waals surface area contributed by atoms with E-state index in [0.717, 1.165) is 22.5 Å². The molecule has 1 N–H and O–H groups in total. The van der Waals surface area contributed by atoms with Crippen molar-refractivity contribution in [2.24, 2.45) is 0 Å². The van der Waals surface area contributed by atoms with Crippen LogP contribution in [0.15, 0.2) is 78.5 Å². The van der Waals surface area contributed by atoms with Crippen LogP contribution in [0.3, 0.4) is 0 Å². The molecule has 27 heavy (non-hydrogen) atoms. The van der Waals surface area contributed by atoms with Crippen molar-refractivity contribution in [2.75, 3.05) is 0 Å². The van der Waals surface area contributed by atoms with E-state index in [2.05, 4.69) is 11.4 Å². The molecule has 1 heterocycles. The predicted molar refractivity (Wildman–Crippen MR) is 107 cm³/mol. The molecule has 0 aliphatic heterocycles. The van der Waals surface area contributed by atoms with Crippen LogP contribution in [0.2, 0.25) is 0 Å². The van der Waals surface area contributed by atoms with E-state index in [-0.39, 0.29) is 17.5 Å². The number of amides is 1. The molecular weight excluding hydrogens is 334 g/mol. The zero-order valence-electron chi connectivity index (χ0n) is 15.4. The van der Waals surface area contributed by atoms with Gasteiger partial charge in [0.25, 0.3) is 5.91 Å². The number of aromatic nitrogens is 1. The van der Waals surface area contributed by atoms with Crippen molar-refractivity contribution in [1.82, 2.24) is 9.88 Å². The normalized spacial score (nSPS) is 12.3.